The third kappa shape index (κ3) is 3.27. The van der Waals surface area contributed by atoms with E-state index in [-0.39, 0.29) is 17.7 Å². The second kappa shape index (κ2) is 5.02. The Kier molecular flexibility index (Phi) is 3.94. The van der Waals surface area contributed by atoms with Gasteiger partial charge in [0.2, 0.25) is 15.7 Å². The molecule has 0 saturated heterocycles. The maximum atomic E-state index is 8.19. The average Bonchev–Trinajstić information content (AvgIpc) is 2.17. The topological polar surface area (TPSA) is 136 Å². The Morgan fingerprint density at radius 3 is 1.69 bits per heavy atom. The fraction of sp³-hybridized carbons (Fsp3) is 0.250. The molecule has 0 aliphatic heterocycles. The molecule has 16 heavy (non-hydrogen) atoms. The van der Waals surface area contributed by atoms with Gasteiger partial charge in [0.05, 0.1) is 0 Å². The Labute approximate surface area is 103 Å². The molecule has 0 aromatic carbocycles. The normalized spacial score (nSPS) is 10.2. The molecule has 0 bridgehead atoms. The number of alkyl halides is 3. The fourth-order valence-electron chi connectivity index (χ4n) is 0.650. The molecule has 0 radical (unpaired) electrons. The van der Waals surface area contributed by atoms with Crippen LogP contribution in [0, 0.1) is 0 Å². The van der Waals surface area contributed by atoms with Crippen molar-refractivity contribution in [2.24, 2.45) is 10.2 Å². The standard InChI is InChI=1S/C4Cl3N9/c5-4(6,7)1-10-2(13-15-8)12-3(11-1)14-16-9. The lowest BCUT2D eigenvalue weighted by molar-refractivity contribution is 0.909. The summed E-state index contributed by atoms with van der Waals surface area (Å²) >= 11 is 16.5. The smallest absolute Gasteiger partial charge is 0.207 e. The number of aromatic nitrogens is 3. The third-order valence-corrected chi connectivity index (χ3v) is 1.64. The van der Waals surface area contributed by atoms with Gasteiger partial charge in [-0.25, -0.2) is 15.0 Å². The Balaban J connectivity index is 3.40. The highest BCUT2D eigenvalue weighted by molar-refractivity contribution is 6.66. The van der Waals surface area contributed by atoms with Crippen molar-refractivity contribution in [3.8, 4) is 0 Å². The highest BCUT2D eigenvalue weighted by Crippen LogP contribution is 2.36. The van der Waals surface area contributed by atoms with Crippen LogP contribution < -0.4 is 0 Å². The maximum absolute atomic E-state index is 8.19. The molecule has 0 aliphatic rings. The molecule has 0 amide bonds. The van der Waals surface area contributed by atoms with Crippen molar-refractivity contribution >= 4 is 46.7 Å². The number of hydrogen-bond donors (Lipinski definition) is 0. The van der Waals surface area contributed by atoms with Crippen molar-refractivity contribution in [3.63, 3.8) is 0 Å². The zero-order chi connectivity index (χ0) is 12.2. The van der Waals surface area contributed by atoms with Crippen LogP contribution in [0.15, 0.2) is 10.2 Å². The second-order valence-electron chi connectivity index (χ2n) is 2.14. The van der Waals surface area contributed by atoms with Crippen molar-refractivity contribution in [1.29, 1.82) is 0 Å². The summed E-state index contributed by atoms with van der Waals surface area (Å²) in [6.07, 6.45) is 0. The van der Waals surface area contributed by atoms with Gasteiger partial charge >= 0.3 is 0 Å². The predicted molar refractivity (Wildman–Crippen MR) is 56.7 cm³/mol. The molecule has 0 spiro atoms. The Morgan fingerprint density at radius 1 is 0.938 bits per heavy atom. The highest BCUT2D eigenvalue weighted by atomic mass is 35.6. The molecule has 0 N–H and O–H groups in total. The lowest BCUT2D eigenvalue weighted by Gasteiger charge is -2.08. The minimum Gasteiger partial charge on any atom is -0.207 e. The molecule has 0 saturated carbocycles. The minimum absolute atomic E-state index is 0.308. The molecule has 9 nitrogen and oxygen atoms in total. The van der Waals surface area contributed by atoms with Gasteiger partial charge in [0, 0.05) is 9.82 Å². The zero-order valence-corrected chi connectivity index (χ0v) is 9.43. The van der Waals surface area contributed by atoms with E-state index in [1.165, 1.54) is 0 Å². The van der Waals surface area contributed by atoms with Gasteiger partial charge in [0.1, 0.15) is 0 Å². The number of nitrogens with zero attached hydrogens (tertiary/aromatic N) is 9. The first kappa shape index (κ1) is 12.6. The van der Waals surface area contributed by atoms with E-state index in [1.54, 1.807) is 0 Å². The monoisotopic (exact) mass is 279 g/mol. The van der Waals surface area contributed by atoms with Gasteiger partial charge in [-0.05, 0) is 21.3 Å². The van der Waals surface area contributed by atoms with E-state index < -0.39 is 3.79 Å². The van der Waals surface area contributed by atoms with Gasteiger partial charge in [-0.15, -0.1) is 0 Å². The van der Waals surface area contributed by atoms with E-state index in [2.05, 4.69) is 35.0 Å². The molecule has 0 atom stereocenters. The molecule has 1 heterocycles. The molecule has 12 heteroatoms. The Hall–Kier alpha value is -1.50. The molecule has 0 aliphatic carbocycles. The summed E-state index contributed by atoms with van der Waals surface area (Å²) in [6.45, 7) is 0. The van der Waals surface area contributed by atoms with Gasteiger partial charge in [0.15, 0.2) is 5.82 Å². The molecule has 1 aromatic rings. The summed E-state index contributed by atoms with van der Waals surface area (Å²) in [6, 6.07) is 0. The molecule has 0 fully saturated rings. The summed E-state index contributed by atoms with van der Waals surface area (Å²) in [7, 11) is 0. The zero-order valence-electron chi connectivity index (χ0n) is 7.16. The van der Waals surface area contributed by atoms with Crippen molar-refractivity contribution in [2.75, 3.05) is 0 Å². The first-order valence-electron chi connectivity index (χ1n) is 3.41. The van der Waals surface area contributed by atoms with E-state index in [1.807, 2.05) is 0 Å². The van der Waals surface area contributed by atoms with Crippen LogP contribution in [0.5, 0.6) is 0 Å². The lowest BCUT2D eigenvalue weighted by atomic mass is 10.6. The molecular formula is C4Cl3N9. The van der Waals surface area contributed by atoms with Gasteiger partial charge < -0.3 is 0 Å². The van der Waals surface area contributed by atoms with Crippen LogP contribution in [0.25, 0.3) is 20.9 Å². The van der Waals surface area contributed by atoms with E-state index >= 15 is 0 Å². The van der Waals surface area contributed by atoms with E-state index in [0.717, 1.165) is 0 Å². The van der Waals surface area contributed by atoms with E-state index in [9.17, 15) is 0 Å². The number of hydrogen-bond acceptors (Lipinski definition) is 5. The van der Waals surface area contributed by atoms with Crippen LogP contribution in [0.2, 0.25) is 0 Å². The summed E-state index contributed by atoms with van der Waals surface area (Å²) in [5, 5.41) is 6.17. The number of rotatable bonds is 2. The lowest BCUT2D eigenvalue weighted by Crippen LogP contribution is -2.07. The van der Waals surface area contributed by atoms with Crippen LogP contribution in [0.4, 0.5) is 11.9 Å². The molecule has 82 valence electrons. The SMILES string of the molecule is [N-]=[N+]=Nc1nc(N=[N+]=[N-])nc(C(Cl)(Cl)Cl)n1. The van der Waals surface area contributed by atoms with Crippen molar-refractivity contribution in [3.05, 3.63) is 26.7 Å². The molecular weight excluding hydrogens is 280 g/mol. The van der Waals surface area contributed by atoms with Gasteiger partial charge in [-0.1, -0.05) is 34.8 Å². The first-order chi connectivity index (χ1) is 7.47. The van der Waals surface area contributed by atoms with Crippen LogP contribution in [-0.2, 0) is 3.79 Å². The van der Waals surface area contributed by atoms with Gasteiger partial charge in [-0.2, -0.15) is 0 Å². The highest BCUT2D eigenvalue weighted by Gasteiger charge is 2.27. The molecule has 1 aromatic heterocycles. The van der Waals surface area contributed by atoms with Crippen LogP contribution in [0.3, 0.4) is 0 Å². The maximum Gasteiger partial charge on any atom is 0.250 e. The number of azide groups is 2. The summed E-state index contributed by atoms with van der Waals surface area (Å²) in [5.74, 6) is -1.03. The van der Waals surface area contributed by atoms with Crippen LogP contribution >= 0.6 is 34.8 Å². The van der Waals surface area contributed by atoms with Crippen LogP contribution in [-0.4, -0.2) is 15.0 Å². The first-order valence-corrected chi connectivity index (χ1v) is 4.54. The Morgan fingerprint density at radius 2 is 1.38 bits per heavy atom. The summed E-state index contributed by atoms with van der Waals surface area (Å²) < 4.78 is -1.94. The molecule has 0 unspecified atom stereocenters. The van der Waals surface area contributed by atoms with Crippen molar-refractivity contribution in [2.45, 2.75) is 3.79 Å². The van der Waals surface area contributed by atoms with Crippen molar-refractivity contribution in [1.82, 2.24) is 15.0 Å². The second-order valence-corrected chi connectivity index (χ2v) is 4.42. The van der Waals surface area contributed by atoms with Crippen molar-refractivity contribution < 1.29 is 0 Å². The third-order valence-electron chi connectivity index (χ3n) is 1.13. The molecule has 1 rings (SSSR count). The van der Waals surface area contributed by atoms with E-state index in [4.69, 9.17) is 45.9 Å². The van der Waals surface area contributed by atoms with Gasteiger partial charge in [-0.3, -0.25) is 0 Å². The number of halogens is 3. The quantitative estimate of drug-likeness (QED) is 0.354. The largest absolute Gasteiger partial charge is 0.250 e. The van der Waals surface area contributed by atoms with Gasteiger partial charge in [0.25, 0.3) is 0 Å². The minimum atomic E-state index is -1.94. The fourth-order valence-corrected chi connectivity index (χ4v) is 0.904. The van der Waals surface area contributed by atoms with Crippen LogP contribution in [0.1, 0.15) is 5.82 Å². The average molecular weight is 280 g/mol. The predicted octanol–water partition coefficient (Wildman–Crippen LogP) is 3.58. The summed E-state index contributed by atoms with van der Waals surface area (Å²) in [4.78, 5) is 15.5. The van der Waals surface area contributed by atoms with E-state index in [0.29, 0.717) is 0 Å². The summed E-state index contributed by atoms with van der Waals surface area (Å²) in [5.41, 5.74) is 16.4. The Bertz CT molecular complexity index is 458.